The quantitative estimate of drug-likeness (QED) is 0.800. The van der Waals surface area contributed by atoms with E-state index in [1.54, 1.807) is 6.07 Å². The van der Waals surface area contributed by atoms with E-state index in [1.165, 1.54) is 12.1 Å². The van der Waals surface area contributed by atoms with E-state index in [4.69, 9.17) is 17.3 Å². The van der Waals surface area contributed by atoms with Gasteiger partial charge in [0.25, 0.3) is 0 Å². The summed E-state index contributed by atoms with van der Waals surface area (Å²) in [6.07, 6.45) is -2.20. The number of rotatable bonds is 3. The zero-order valence-electron chi connectivity index (χ0n) is 11.5. The second-order valence-electron chi connectivity index (χ2n) is 5.78. The molecule has 3 unspecified atom stereocenters. The Bertz CT molecular complexity index is 489. The lowest BCUT2D eigenvalue weighted by Crippen LogP contribution is -2.38. The fourth-order valence-electron chi connectivity index (χ4n) is 3.02. The molecule has 2 rings (SSSR count). The van der Waals surface area contributed by atoms with Gasteiger partial charge in [0.2, 0.25) is 0 Å². The summed E-state index contributed by atoms with van der Waals surface area (Å²) in [6.45, 7) is 0. The summed E-state index contributed by atoms with van der Waals surface area (Å²) in [4.78, 5) is 0. The van der Waals surface area contributed by atoms with Crippen LogP contribution >= 0.6 is 11.6 Å². The van der Waals surface area contributed by atoms with Gasteiger partial charge in [-0.3, -0.25) is 0 Å². The summed E-state index contributed by atoms with van der Waals surface area (Å²) in [7, 11) is 0. The maximum Gasteiger partial charge on any atom is 0.391 e. The number of nitrogens with two attached hydrogens (primary N) is 1. The van der Waals surface area contributed by atoms with Gasteiger partial charge in [-0.05, 0) is 49.3 Å². The van der Waals surface area contributed by atoms with Crippen LogP contribution in [0.3, 0.4) is 0 Å². The summed E-state index contributed by atoms with van der Waals surface area (Å²) in [5, 5.41) is 0.0107. The van der Waals surface area contributed by atoms with Gasteiger partial charge >= 0.3 is 6.18 Å². The average molecular weight is 324 g/mol. The predicted molar refractivity (Wildman–Crippen MR) is 74.6 cm³/mol. The first-order valence-corrected chi connectivity index (χ1v) is 7.41. The van der Waals surface area contributed by atoms with E-state index in [0.717, 1.165) is 5.56 Å². The number of hydrogen-bond acceptors (Lipinski definition) is 1. The maximum atomic E-state index is 13.1. The van der Waals surface area contributed by atoms with Gasteiger partial charge in [-0.25, -0.2) is 4.39 Å². The molecular formula is C15H18ClF4N. The predicted octanol–water partition coefficient (Wildman–Crippen LogP) is 4.72. The van der Waals surface area contributed by atoms with E-state index >= 15 is 0 Å². The third kappa shape index (κ3) is 4.33. The summed E-state index contributed by atoms with van der Waals surface area (Å²) in [6, 6.07) is 3.95. The van der Waals surface area contributed by atoms with Crippen LogP contribution in [0.4, 0.5) is 17.6 Å². The van der Waals surface area contributed by atoms with Crippen molar-refractivity contribution < 1.29 is 17.6 Å². The average Bonchev–Trinajstić information content (AvgIpc) is 2.42. The molecule has 0 radical (unpaired) electrons. The Kier molecular flexibility index (Phi) is 5.15. The summed E-state index contributed by atoms with van der Waals surface area (Å²) < 4.78 is 51.5. The summed E-state index contributed by atoms with van der Waals surface area (Å²) >= 11 is 5.70. The molecular weight excluding hydrogens is 306 g/mol. The Balaban J connectivity index is 1.99. The third-order valence-corrected chi connectivity index (χ3v) is 4.53. The first-order valence-electron chi connectivity index (χ1n) is 7.03. The van der Waals surface area contributed by atoms with Crippen LogP contribution in [0.5, 0.6) is 0 Å². The van der Waals surface area contributed by atoms with Gasteiger partial charge in [-0.2, -0.15) is 13.2 Å². The van der Waals surface area contributed by atoms with E-state index < -0.39 is 17.9 Å². The Morgan fingerprint density at radius 1 is 1.29 bits per heavy atom. The fourth-order valence-corrected chi connectivity index (χ4v) is 3.22. The second kappa shape index (κ2) is 6.53. The van der Waals surface area contributed by atoms with Crippen molar-refractivity contribution in [3.8, 4) is 0 Å². The molecule has 3 atom stereocenters. The molecule has 1 nitrogen and oxygen atoms in total. The molecule has 1 aliphatic carbocycles. The normalized spacial score (nSPS) is 24.9. The molecule has 118 valence electrons. The molecule has 1 aromatic carbocycles. The van der Waals surface area contributed by atoms with Crippen LogP contribution in [0.25, 0.3) is 0 Å². The minimum absolute atomic E-state index is 0.0107. The summed E-state index contributed by atoms with van der Waals surface area (Å²) in [5.41, 5.74) is 6.82. The smallest absolute Gasteiger partial charge is 0.327 e. The Hall–Kier alpha value is -0.810. The van der Waals surface area contributed by atoms with Crippen LogP contribution in [0.1, 0.15) is 31.2 Å². The molecule has 0 heterocycles. The van der Waals surface area contributed by atoms with Crippen LogP contribution in [0.15, 0.2) is 18.2 Å². The second-order valence-corrected chi connectivity index (χ2v) is 6.19. The van der Waals surface area contributed by atoms with Gasteiger partial charge in [0.05, 0.1) is 10.9 Å². The van der Waals surface area contributed by atoms with Crippen molar-refractivity contribution in [1.29, 1.82) is 0 Å². The van der Waals surface area contributed by atoms with Gasteiger partial charge in [0.1, 0.15) is 5.82 Å². The third-order valence-electron chi connectivity index (χ3n) is 4.24. The highest BCUT2D eigenvalue weighted by atomic mass is 35.5. The highest BCUT2D eigenvalue weighted by Crippen LogP contribution is 2.41. The molecule has 0 aromatic heterocycles. The van der Waals surface area contributed by atoms with Gasteiger partial charge in [-0.1, -0.05) is 24.1 Å². The van der Waals surface area contributed by atoms with Crippen molar-refractivity contribution in [3.63, 3.8) is 0 Å². The van der Waals surface area contributed by atoms with Gasteiger partial charge in [0.15, 0.2) is 0 Å². The first-order chi connectivity index (χ1) is 9.77. The van der Waals surface area contributed by atoms with Crippen molar-refractivity contribution in [2.24, 2.45) is 17.6 Å². The standard InChI is InChI=1S/C15H18ClF4N/c16-12-6-9(4-5-13(12)17)7-14(21)10-2-1-3-11(8-10)15(18,19)20/h4-6,10-11,14H,1-3,7-8,21H2. The molecule has 1 saturated carbocycles. The highest BCUT2D eigenvalue weighted by molar-refractivity contribution is 6.30. The monoisotopic (exact) mass is 323 g/mol. The Labute approximate surface area is 126 Å². The minimum Gasteiger partial charge on any atom is -0.327 e. The zero-order valence-corrected chi connectivity index (χ0v) is 12.2. The molecule has 0 spiro atoms. The van der Waals surface area contributed by atoms with Crippen LogP contribution in [0, 0.1) is 17.7 Å². The SMILES string of the molecule is NC(Cc1ccc(F)c(Cl)c1)C1CCCC(C(F)(F)F)C1. The van der Waals surface area contributed by atoms with Crippen LogP contribution in [0.2, 0.25) is 5.02 Å². The molecule has 1 fully saturated rings. The number of benzene rings is 1. The zero-order chi connectivity index (χ0) is 15.6. The van der Waals surface area contributed by atoms with Crippen LogP contribution in [-0.4, -0.2) is 12.2 Å². The van der Waals surface area contributed by atoms with E-state index in [1.807, 2.05) is 0 Å². The maximum absolute atomic E-state index is 13.1. The van der Waals surface area contributed by atoms with Crippen molar-refractivity contribution >= 4 is 11.6 Å². The molecule has 0 amide bonds. The molecule has 0 bridgehead atoms. The number of alkyl halides is 3. The molecule has 0 saturated heterocycles. The molecule has 2 N–H and O–H groups in total. The molecule has 6 heteroatoms. The van der Waals surface area contributed by atoms with Crippen molar-refractivity contribution in [1.82, 2.24) is 0 Å². The van der Waals surface area contributed by atoms with E-state index in [-0.39, 0.29) is 29.8 Å². The fraction of sp³-hybridized carbons (Fsp3) is 0.600. The van der Waals surface area contributed by atoms with Crippen molar-refractivity contribution in [2.75, 3.05) is 0 Å². The van der Waals surface area contributed by atoms with Crippen LogP contribution < -0.4 is 5.73 Å². The lowest BCUT2D eigenvalue weighted by atomic mass is 9.76. The molecule has 1 aliphatic rings. The lowest BCUT2D eigenvalue weighted by molar-refractivity contribution is -0.186. The van der Waals surface area contributed by atoms with Gasteiger partial charge in [-0.15, -0.1) is 0 Å². The Morgan fingerprint density at radius 2 is 2.00 bits per heavy atom. The topological polar surface area (TPSA) is 26.0 Å². The Morgan fingerprint density at radius 3 is 2.62 bits per heavy atom. The minimum atomic E-state index is -4.14. The van der Waals surface area contributed by atoms with Crippen molar-refractivity contribution in [3.05, 3.63) is 34.6 Å². The largest absolute Gasteiger partial charge is 0.391 e. The highest BCUT2D eigenvalue weighted by Gasteiger charge is 2.43. The molecule has 21 heavy (non-hydrogen) atoms. The first kappa shape index (κ1) is 16.6. The van der Waals surface area contributed by atoms with Gasteiger partial charge < -0.3 is 5.73 Å². The summed E-state index contributed by atoms with van der Waals surface area (Å²) in [5.74, 6) is -1.92. The lowest BCUT2D eigenvalue weighted by Gasteiger charge is -2.33. The number of halogens is 5. The van der Waals surface area contributed by atoms with E-state index in [2.05, 4.69) is 0 Å². The van der Waals surface area contributed by atoms with Crippen molar-refractivity contribution in [2.45, 2.75) is 44.3 Å². The molecule has 1 aromatic rings. The van der Waals surface area contributed by atoms with E-state index in [0.29, 0.717) is 19.3 Å². The molecule has 0 aliphatic heterocycles. The van der Waals surface area contributed by atoms with Crippen LogP contribution in [-0.2, 0) is 6.42 Å². The van der Waals surface area contributed by atoms with E-state index in [9.17, 15) is 17.6 Å². The number of hydrogen-bond donors (Lipinski definition) is 1. The van der Waals surface area contributed by atoms with Gasteiger partial charge in [0, 0.05) is 6.04 Å².